The molecule has 0 bridgehead atoms. The highest BCUT2D eigenvalue weighted by Gasteiger charge is 2.25. The summed E-state index contributed by atoms with van der Waals surface area (Å²) in [6.07, 6.45) is 3.16. The van der Waals surface area contributed by atoms with Gasteiger partial charge in [0.15, 0.2) is 0 Å². The van der Waals surface area contributed by atoms with E-state index >= 15 is 0 Å². The third-order valence-corrected chi connectivity index (χ3v) is 3.89. The van der Waals surface area contributed by atoms with Crippen molar-refractivity contribution in [3.05, 3.63) is 29.3 Å². The number of benzene rings is 1. The smallest absolute Gasteiger partial charge is 0.255 e. The van der Waals surface area contributed by atoms with Gasteiger partial charge in [0.05, 0.1) is 11.7 Å². The number of amides is 1. The lowest BCUT2D eigenvalue weighted by molar-refractivity contribution is 0.0914. The number of rotatable bonds is 4. The van der Waals surface area contributed by atoms with E-state index in [1.165, 1.54) is 0 Å². The van der Waals surface area contributed by atoms with Crippen molar-refractivity contribution < 1.29 is 15.0 Å². The van der Waals surface area contributed by atoms with Crippen LogP contribution < -0.4 is 5.32 Å². The summed E-state index contributed by atoms with van der Waals surface area (Å²) in [6.45, 7) is 2.40. The number of aryl methyl sites for hydroxylation is 1. The molecule has 0 radical (unpaired) electrons. The van der Waals surface area contributed by atoms with Gasteiger partial charge in [-0.25, -0.2) is 0 Å². The van der Waals surface area contributed by atoms with E-state index in [0.717, 1.165) is 24.8 Å². The van der Waals surface area contributed by atoms with Crippen LogP contribution >= 0.6 is 0 Å². The molecule has 1 saturated carbocycles. The van der Waals surface area contributed by atoms with E-state index in [1.807, 2.05) is 13.0 Å². The molecule has 1 aliphatic carbocycles. The number of aliphatic hydroxyl groups is 1. The fraction of sp³-hybridized carbons (Fsp3) is 0.533. The minimum absolute atomic E-state index is 0.0643. The molecule has 1 fully saturated rings. The molecule has 104 valence electrons. The van der Waals surface area contributed by atoms with Crippen LogP contribution in [0.4, 0.5) is 0 Å². The Balaban J connectivity index is 2.00. The predicted molar refractivity (Wildman–Crippen MR) is 73.2 cm³/mol. The Morgan fingerprint density at radius 1 is 1.42 bits per heavy atom. The number of hydrogen-bond acceptors (Lipinski definition) is 3. The Hall–Kier alpha value is -1.55. The van der Waals surface area contributed by atoms with Crippen molar-refractivity contribution in [1.82, 2.24) is 5.32 Å². The first-order valence-corrected chi connectivity index (χ1v) is 6.90. The van der Waals surface area contributed by atoms with Crippen molar-refractivity contribution in [2.75, 3.05) is 6.54 Å². The van der Waals surface area contributed by atoms with Gasteiger partial charge in [-0.15, -0.1) is 0 Å². The summed E-state index contributed by atoms with van der Waals surface area (Å²) in [4.78, 5) is 12.0. The topological polar surface area (TPSA) is 69.6 Å². The lowest BCUT2D eigenvalue weighted by atomic mass is 10.0. The lowest BCUT2D eigenvalue weighted by Crippen LogP contribution is -2.32. The fourth-order valence-electron chi connectivity index (χ4n) is 2.63. The average Bonchev–Trinajstić information content (AvgIpc) is 2.82. The van der Waals surface area contributed by atoms with Gasteiger partial charge in [-0.1, -0.05) is 25.5 Å². The highest BCUT2D eigenvalue weighted by atomic mass is 16.3. The van der Waals surface area contributed by atoms with Crippen molar-refractivity contribution in [2.45, 2.75) is 38.7 Å². The Bertz CT molecular complexity index is 459. The average molecular weight is 263 g/mol. The van der Waals surface area contributed by atoms with Crippen LogP contribution in [0.15, 0.2) is 18.2 Å². The summed E-state index contributed by atoms with van der Waals surface area (Å²) in [5.74, 6) is -0.0678. The summed E-state index contributed by atoms with van der Waals surface area (Å²) in [5.41, 5.74) is 1.08. The van der Waals surface area contributed by atoms with Crippen LogP contribution in [0, 0.1) is 5.92 Å². The quantitative estimate of drug-likeness (QED) is 0.776. The SMILES string of the molecule is CCc1cccc(C(=O)NCC2CCCC2O)c1O. The van der Waals surface area contributed by atoms with Gasteiger partial charge in [0.2, 0.25) is 0 Å². The van der Waals surface area contributed by atoms with Gasteiger partial charge in [0.1, 0.15) is 5.75 Å². The van der Waals surface area contributed by atoms with E-state index in [1.54, 1.807) is 12.1 Å². The van der Waals surface area contributed by atoms with Crippen LogP contribution in [-0.4, -0.2) is 28.8 Å². The molecule has 3 N–H and O–H groups in total. The fourth-order valence-corrected chi connectivity index (χ4v) is 2.63. The van der Waals surface area contributed by atoms with Crippen LogP contribution in [0.25, 0.3) is 0 Å². The molecule has 19 heavy (non-hydrogen) atoms. The molecule has 1 aromatic rings. The molecule has 0 aromatic heterocycles. The molecule has 1 aromatic carbocycles. The van der Waals surface area contributed by atoms with Crippen molar-refractivity contribution in [1.29, 1.82) is 0 Å². The number of hydrogen-bond donors (Lipinski definition) is 3. The van der Waals surface area contributed by atoms with Gasteiger partial charge in [-0.05, 0) is 30.9 Å². The van der Waals surface area contributed by atoms with Crippen LogP contribution in [-0.2, 0) is 6.42 Å². The normalized spacial score (nSPS) is 22.4. The standard InChI is InChI=1S/C15H21NO3/c1-2-10-5-3-7-12(14(10)18)15(19)16-9-11-6-4-8-13(11)17/h3,5,7,11,13,17-18H,2,4,6,8-9H2,1H3,(H,16,19). The molecule has 2 rings (SSSR count). The third-order valence-electron chi connectivity index (χ3n) is 3.89. The molecule has 0 aliphatic heterocycles. The summed E-state index contributed by atoms with van der Waals surface area (Å²) >= 11 is 0. The molecule has 2 unspecified atom stereocenters. The number of carbonyl (C=O) groups excluding carboxylic acids is 1. The van der Waals surface area contributed by atoms with E-state index in [4.69, 9.17) is 0 Å². The van der Waals surface area contributed by atoms with Crippen molar-refractivity contribution in [2.24, 2.45) is 5.92 Å². The zero-order valence-corrected chi connectivity index (χ0v) is 11.2. The van der Waals surface area contributed by atoms with E-state index in [9.17, 15) is 15.0 Å². The Labute approximate surface area is 113 Å². The Morgan fingerprint density at radius 2 is 2.21 bits per heavy atom. The summed E-state index contributed by atoms with van der Waals surface area (Å²) in [5, 5.41) is 22.5. The van der Waals surface area contributed by atoms with E-state index < -0.39 is 0 Å². The van der Waals surface area contributed by atoms with Gasteiger partial charge in [-0.3, -0.25) is 4.79 Å². The number of phenolic OH excluding ortho intramolecular Hbond substituents is 1. The second-order valence-electron chi connectivity index (χ2n) is 5.14. The highest BCUT2D eigenvalue weighted by Crippen LogP contribution is 2.26. The predicted octanol–water partition coefficient (Wildman–Crippen LogP) is 1.85. The van der Waals surface area contributed by atoms with Crippen LogP contribution in [0.2, 0.25) is 0 Å². The minimum Gasteiger partial charge on any atom is -0.507 e. The summed E-state index contributed by atoms with van der Waals surface area (Å²) in [7, 11) is 0. The second-order valence-corrected chi connectivity index (χ2v) is 5.14. The number of nitrogens with one attached hydrogen (secondary N) is 1. The van der Waals surface area contributed by atoms with Crippen molar-refractivity contribution in [3.63, 3.8) is 0 Å². The number of aromatic hydroxyl groups is 1. The van der Waals surface area contributed by atoms with E-state index in [2.05, 4.69) is 5.32 Å². The maximum Gasteiger partial charge on any atom is 0.255 e. The molecule has 0 heterocycles. The Kier molecular flexibility index (Phi) is 4.43. The van der Waals surface area contributed by atoms with Gasteiger partial charge >= 0.3 is 0 Å². The largest absolute Gasteiger partial charge is 0.507 e. The molecule has 0 saturated heterocycles. The molecular formula is C15H21NO3. The van der Waals surface area contributed by atoms with Gasteiger partial charge in [0, 0.05) is 12.5 Å². The number of carbonyl (C=O) groups is 1. The zero-order valence-electron chi connectivity index (χ0n) is 11.2. The number of para-hydroxylation sites is 1. The van der Waals surface area contributed by atoms with Crippen LogP contribution in [0.1, 0.15) is 42.1 Å². The first-order valence-electron chi connectivity index (χ1n) is 6.90. The summed E-state index contributed by atoms with van der Waals surface area (Å²) < 4.78 is 0. The summed E-state index contributed by atoms with van der Waals surface area (Å²) in [6, 6.07) is 5.21. The molecule has 4 heteroatoms. The first-order chi connectivity index (χ1) is 9.13. The van der Waals surface area contributed by atoms with Gasteiger partial charge in [0.25, 0.3) is 5.91 Å². The van der Waals surface area contributed by atoms with Gasteiger partial charge < -0.3 is 15.5 Å². The molecule has 1 aliphatic rings. The maximum absolute atomic E-state index is 12.0. The monoisotopic (exact) mass is 263 g/mol. The number of aliphatic hydroxyl groups excluding tert-OH is 1. The minimum atomic E-state index is -0.309. The first kappa shape index (κ1) is 13.9. The molecule has 2 atom stereocenters. The maximum atomic E-state index is 12.0. The highest BCUT2D eigenvalue weighted by molar-refractivity contribution is 5.97. The van der Waals surface area contributed by atoms with Crippen molar-refractivity contribution in [3.8, 4) is 5.75 Å². The van der Waals surface area contributed by atoms with Crippen molar-refractivity contribution >= 4 is 5.91 Å². The molecule has 0 spiro atoms. The molecule has 4 nitrogen and oxygen atoms in total. The molecular weight excluding hydrogens is 242 g/mol. The Morgan fingerprint density at radius 3 is 2.84 bits per heavy atom. The van der Waals surface area contributed by atoms with Crippen LogP contribution in [0.5, 0.6) is 5.75 Å². The number of phenols is 1. The van der Waals surface area contributed by atoms with Crippen LogP contribution in [0.3, 0.4) is 0 Å². The van der Waals surface area contributed by atoms with E-state index in [-0.39, 0.29) is 23.7 Å². The zero-order chi connectivity index (χ0) is 13.8. The second kappa shape index (κ2) is 6.06. The van der Waals surface area contributed by atoms with Gasteiger partial charge in [-0.2, -0.15) is 0 Å². The molecule has 1 amide bonds. The third kappa shape index (κ3) is 3.07. The lowest BCUT2D eigenvalue weighted by Gasteiger charge is -2.15. The van der Waals surface area contributed by atoms with E-state index in [0.29, 0.717) is 18.5 Å².